The second-order valence-electron chi connectivity index (χ2n) is 11.1. The van der Waals surface area contributed by atoms with Crippen molar-refractivity contribution in [1.82, 2.24) is 15.3 Å². The number of benzene rings is 1. The molecule has 4 N–H and O–H groups in total. The standard InChI is InChI=1S/C30H35F3N6O/c1-29(13-5-15-39(19-29)27-11-10-23(18-36-27)30(31,32)33)38-25-9-3-2-8-24(25)37-26-17-21(12-14-35-26)20-6-4-7-22(16-20)28(34)40/h4,6-7,10-12,14,16-18,24-25,38H,2-3,5,8-9,13,15,19H2,1H3,(H2,34,40)(H,35,37)/t24-,25-,29+/m1/s1. The molecule has 2 fully saturated rings. The first-order chi connectivity index (χ1) is 19.1. The van der Waals surface area contributed by atoms with Crippen molar-refractivity contribution in [2.45, 2.75) is 69.2 Å². The quantitative estimate of drug-likeness (QED) is 0.352. The predicted molar refractivity (Wildman–Crippen MR) is 150 cm³/mol. The van der Waals surface area contributed by atoms with Crippen LogP contribution >= 0.6 is 0 Å². The van der Waals surface area contributed by atoms with E-state index in [0.29, 0.717) is 17.9 Å². The largest absolute Gasteiger partial charge is 0.417 e. The Balaban J connectivity index is 1.28. The van der Waals surface area contributed by atoms with E-state index < -0.39 is 17.6 Å². The molecule has 1 saturated carbocycles. The molecule has 3 heterocycles. The SMILES string of the molecule is C[C@]1(N[C@@H]2CCCC[C@H]2Nc2cc(-c3cccc(C(N)=O)c3)ccn2)CCCN(c2ccc(C(F)(F)F)cn2)C1. The molecule has 1 amide bonds. The molecule has 7 nitrogen and oxygen atoms in total. The average Bonchev–Trinajstić information content (AvgIpc) is 2.94. The molecular weight excluding hydrogens is 517 g/mol. The van der Waals surface area contributed by atoms with E-state index in [2.05, 4.69) is 32.4 Å². The summed E-state index contributed by atoms with van der Waals surface area (Å²) >= 11 is 0. The summed E-state index contributed by atoms with van der Waals surface area (Å²) in [5.74, 6) is 0.875. The van der Waals surface area contributed by atoms with Gasteiger partial charge in [-0.1, -0.05) is 25.0 Å². The number of primary amides is 1. The number of halogens is 3. The molecular formula is C30H35F3N6O. The van der Waals surface area contributed by atoms with E-state index in [0.717, 1.165) is 74.3 Å². The van der Waals surface area contributed by atoms with Gasteiger partial charge in [0.2, 0.25) is 5.91 Å². The van der Waals surface area contributed by atoms with E-state index >= 15 is 0 Å². The molecule has 3 aromatic rings. The first-order valence-corrected chi connectivity index (χ1v) is 13.8. The minimum Gasteiger partial charge on any atom is -0.366 e. The number of piperidine rings is 1. The molecule has 0 bridgehead atoms. The van der Waals surface area contributed by atoms with Gasteiger partial charge in [0, 0.05) is 48.7 Å². The summed E-state index contributed by atoms with van der Waals surface area (Å²) in [6.07, 6.45) is 4.44. The molecule has 0 radical (unpaired) electrons. The van der Waals surface area contributed by atoms with Crippen molar-refractivity contribution in [1.29, 1.82) is 0 Å². The molecule has 1 aliphatic heterocycles. The maximum atomic E-state index is 13.0. The number of nitrogens with two attached hydrogens (primary N) is 1. The summed E-state index contributed by atoms with van der Waals surface area (Å²) in [7, 11) is 0. The van der Waals surface area contributed by atoms with Gasteiger partial charge in [-0.05, 0) is 80.1 Å². The van der Waals surface area contributed by atoms with Crippen LogP contribution in [0, 0.1) is 0 Å². The van der Waals surface area contributed by atoms with Crippen LogP contribution < -0.4 is 21.3 Å². The van der Waals surface area contributed by atoms with Crippen LogP contribution in [-0.4, -0.2) is 46.6 Å². The van der Waals surface area contributed by atoms with Crippen LogP contribution in [0.25, 0.3) is 11.1 Å². The van der Waals surface area contributed by atoms with Crippen LogP contribution in [-0.2, 0) is 6.18 Å². The van der Waals surface area contributed by atoms with Crippen LogP contribution in [0.4, 0.5) is 24.8 Å². The van der Waals surface area contributed by atoms with E-state index in [1.54, 1.807) is 18.3 Å². The Bertz CT molecular complexity index is 1330. The van der Waals surface area contributed by atoms with E-state index in [-0.39, 0.29) is 17.6 Å². The van der Waals surface area contributed by atoms with Gasteiger partial charge in [0.15, 0.2) is 0 Å². The van der Waals surface area contributed by atoms with Crippen LogP contribution in [0.3, 0.4) is 0 Å². The summed E-state index contributed by atoms with van der Waals surface area (Å²) in [6.45, 7) is 3.62. The Morgan fingerprint density at radius 3 is 2.52 bits per heavy atom. The fraction of sp³-hybridized carbons (Fsp3) is 0.433. The van der Waals surface area contributed by atoms with Gasteiger partial charge in [-0.3, -0.25) is 4.79 Å². The molecule has 3 atom stereocenters. The number of pyridine rings is 2. The highest BCUT2D eigenvalue weighted by atomic mass is 19.4. The zero-order valence-corrected chi connectivity index (χ0v) is 22.5. The predicted octanol–water partition coefficient (Wildman–Crippen LogP) is 5.63. The third-order valence-corrected chi connectivity index (χ3v) is 7.97. The molecule has 2 aliphatic rings. The summed E-state index contributed by atoms with van der Waals surface area (Å²) < 4.78 is 39.0. The Morgan fingerprint density at radius 1 is 1.02 bits per heavy atom. The highest BCUT2D eigenvalue weighted by Gasteiger charge is 2.37. The van der Waals surface area contributed by atoms with Gasteiger partial charge >= 0.3 is 6.18 Å². The minimum atomic E-state index is -4.39. The van der Waals surface area contributed by atoms with Gasteiger partial charge in [0.25, 0.3) is 0 Å². The van der Waals surface area contributed by atoms with E-state index in [9.17, 15) is 18.0 Å². The number of amides is 1. The number of hydrogen-bond donors (Lipinski definition) is 3. The van der Waals surface area contributed by atoms with Crippen molar-refractivity contribution in [2.75, 3.05) is 23.3 Å². The van der Waals surface area contributed by atoms with E-state index in [1.807, 2.05) is 24.3 Å². The zero-order valence-electron chi connectivity index (χ0n) is 22.5. The van der Waals surface area contributed by atoms with Crippen LogP contribution in [0.15, 0.2) is 60.9 Å². The first-order valence-electron chi connectivity index (χ1n) is 13.8. The van der Waals surface area contributed by atoms with Gasteiger partial charge in [0.1, 0.15) is 11.6 Å². The summed E-state index contributed by atoms with van der Waals surface area (Å²) in [5.41, 5.74) is 6.82. The smallest absolute Gasteiger partial charge is 0.366 e. The fourth-order valence-electron chi connectivity index (χ4n) is 5.95. The van der Waals surface area contributed by atoms with Crippen molar-refractivity contribution < 1.29 is 18.0 Å². The number of carbonyl (C=O) groups excluding carboxylic acids is 1. The van der Waals surface area contributed by atoms with Crippen molar-refractivity contribution in [3.8, 4) is 11.1 Å². The number of nitrogens with one attached hydrogen (secondary N) is 2. The fourth-order valence-corrected chi connectivity index (χ4v) is 5.95. The number of carbonyl (C=O) groups is 1. The molecule has 0 spiro atoms. The van der Waals surface area contributed by atoms with Gasteiger partial charge in [-0.15, -0.1) is 0 Å². The van der Waals surface area contributed by atoms with Gasteiger partial charge in [-0.2, -0.15) is 13.2 Å². The summed E-state index contributed by atoms with van der Waals surface area (Å²) in [4.78, 5) is 22.4. The van der Waals surface area contributed by atoms with Gasteiger partial charge in [0.05, 0.1) is 5.56 Å². The minimum absolute atomic E-state index is 0.171. The van der Waals surface area contributed by atoms with Crippen molar-refractivity contribution in [2.24, 2.45) is 5.73 Å². The van der Waals surface area contributed by atoms with Gasteiger partial charge in [-0.25, -0.2) is 9.97 Å². The number of nitrogens with zero attached hydrogens (tertiary/aromatic N) is 3. The first kappa shape index (κ1) is 27.9. The maximum absolute atomic E-state index is 13.0. The molecule has 1 saturated heterocycles. The highest BCUT2D eigenvalue weighted by molar-refractivity contribution is 5.94. The summed E-state index contributed by atoms with van der Waals surface area (Å²) in [6, 6.07) is 14.1. The van der Waals surface area contributed by atoms with Crippen molar-refractivity contribution in [3.05, 3.63) is 72.1 Å². The maximum Gasteiger partial charge on any atom is 0.417 e. The number of alkyl halides is 3. The molecule has 0 unspecified atom stereocenters. The van der Waals surface area contributed by atoms with Crippen LogP contribution in [0.2, 0.25) is 0 Å². The van der Waals surface area contributed by atoms with Crippen molar-refractivity contribution >= 4 is 17.5 Å². The number of anilines is 2. The third-order valence-electron chi connectivity index (χ3n) is 7.97. The lowest BCUT2D eigenvalue weighted by Crippen LogP contribution is -2.61. The molecule has 10 heteroatoms. The lowest BCUT2D eigenvalue weighted by molar-refractivity contribution is -0.137. The van der Waals surface area contributed by atoms with Crippen LogP contribution in [0.1, 0.15) is 61.4 Å². The molecule has 212 valence electrons. The van der Waals surface area contributed by atoms with Gasteiger partial charge < -0.3 is 21.3 Å². The van der Waals surface area contributed by atoms with Crippen molar-refractivity contribution in [3.63, 3.8) is 0 Å². The molecule has 1 aromatic carbocycles. The molecule has 40 heavy (non-hydrogen) atoms. The Labute approximate surface area is 232 Å². The third kappa shape index (κ3) is 6.55. The number of hydrogen-bond acceptors (Lipinski definition) is 6. The monoisotopic (exact) mass is 552 g/mol. The topological polar surface area (TPSA) is 96.2 Å². The molecule has 2 aromatic heterocycles. The molecule has 5 rings (SSSR count). The zero-order chi connectivity index (χ0) is 28.3. The highest BCUT2D eigenvalue weighted by Crippen LogP contribution is 2.32. The Kier molecular flexibility index (Phi) is 7.98. The Hall–Kier alpha value is -3.66. The van der Waals surface area contributed by atoms with E-state index in [4.69, 9.17) is 5.73 Å². The average molecular weight is 553 g/mol. The number of aromatic nitrogens is 2. The second-order valence-corrected chi connectivity index (χ2v) is 11.1. The lowest BCUT2D eigenvalue weighted by atomic mass is 9.84. The lowest BCUT2D eigenvalue weighted by Gasteiger charge is -2.46. The Morgan fingerprint density at radius 2 is 1.80 bits per heavy atom. The van der Waals surface area contributed by atoms with Crippen LogP contribution in [0.5, 0.6) is 0 Å². The number of rotatable bonds is 7. The summed E-state index contributed by atoms with van der Waals surface area (Å²) in [5, 5.41) is 7.57. The second kappa shape index (κ2) is 11.4. The van der Waals surface area contributed by atoms with E-state index in [1.165, 1.54) is 6.07 Å². The molecule has 1 aliphatic carbocycles. The normalized spacial score (nSPS) is 23.6.